The van der Waals surface area contributed by atoms with Gasteiger partial charge in [-0.05, 0) is 132 Å². The van der Waals surface area contributed by atoms with Crippen LogP contribution in [0, 0.1) is 37.1 Å². The summed E-state index contributed by atoms with van der Waals surface area (Å²) in [5.74, 6) is -5.77. The van der Waals surface area contributed by atoms with Gasteiger partial charge in [0.05, 0.1) is 138 Å². The van der Waals surface area contributed by atoms with Crippen molar-refractivity contribution in [3.8, 4) is 22.5 Å². The van der Waals surface area contributed by atoms with Crippen LogP contribution in [-0.2, 0) is 63.7 Å². The number of aromatic nitrogens is 9. The molecule has 11 heterocycles. The van der Waals surface area contributed by atoms with Crippen LogP contribution < -0.4 is 37.6 Å². The van der Waals surface area contributed by atoms with E-state index in [9.17, 15) is 56.7 Å². The highest BCUT2D eigenvalue weighted by Crippen LogP contribution is 2.37. The molecule has 9 N–H and O–H groups in total. The van der Waals surface area contributed by atoms with E-state index in [0.29, 0.717) is 157 Å². The number of anilines is 4. The zero-order valence-corrected chi connectivity index (χ0v) is 76.8. The predicted octanol–water partition coefficient (Wildman–Crippen LogP) is 8.09. The molecular formula is C94H110F4N22O17. The minimum absolute atomic E-state index is 0.0210. The number of aryl methyl sites for hydroxylation is 2. The van der Waals surface area contributed by atoms with Crippen LogP contribution in [0.2, 0.25) is 0 Å². The molecule has 15 rings (SSSR count). The monoisotopic (exact) mass is 1890 g/mol. The number of halogens is 4. The van der Waals surface area contributed by atoms with Crippen LogP contribution in [0.25, 0.3) is 44.6 Å². The van der Waals surface area contributed by atoms with Crippen LogP contribution in [-0.4, -0.2) is 302 Å². The molecule has 0 radical (unpaired) electrons. The third kappa shape index (κ3) is 25.9. The SMILES string of the molecule is Cc1nc2c(F)cc(-c3nc(N=CC=CC(=CN)CN4CCNCC4)ncc3F)cc2n1C(C)C.Cc1nc2c(F)cc(-c3nc(Nc4ccc(CN5CCN(C(=O)CCOCCOCCOCCNc6cccc7c6C(=O)N(C6CCC(=O)NC6=O)C7=O)CC5)cn4)ncc3F)cc2n1C(C)C.O=C(O)CCOCCOCCOCCNc1cccc2c1C(=O)N(C1CCC(=O)NC1=O)C2=O. The fourth-order valence-corrected chi connectivity index (χ4v) is 16.5. The number of rotatable bonds is 41. The second-order valence-corrected chi connectivity index (χ2v) is 33.2. The Bertz CT molecular complexity index is 6000. The lowest BCUT2D eigenvalue weighted by Gasteiger charge is -2.34. The largest absolute Gasteiger partial charge is 0.481 e. The fourth-order valence-electron chi connectivity index (χ4n) is 16.5. The Hall–Kier alpha value is -13.7. The van der Waals surface area contributed by atoms with E-state index < -0.39 is 88.6 Å². The number of amides is 9. The number of piperidine rings is 2. The summed E-state index contributed by atoms with van der Waals surface area (Å²) in [5, 5.41) is 25.4. The van der Waals surface area contributed by atoms with E-state index in [4.69, 9.17) is 39.3 Å². The van der Waals surface area contributed by atoms with Crippen molar-refractivity contribution in [2.75, 3.05) is 167 Å². The van der Waals surface area contributed by atoms with Gasteiger partial charge in [0.25, 0.3) is 23.6 Å². The molecule has 4 aromatic carbocycles. The number of hydrogen-bond acceptors (Lipinski definition) is 31. The molecule has 137 heavy (non-hydrogen) atoms. The molecule has 0 spiro atoms. The van der Waals surface area contributed by atoms with Crippen molar-refractivity contribution in [1.29, 1.82) is 0 Å². The number of piperazine rings is 2. The Morgan fingerprint density at radius 2 is 1.04 bits per heavy atom. The molecule has 9 aromatic rings. The molecule has 2 atom stereocenters. The lowest BCUT2D eigenvalue weighted by molar-refractivity contribution is -0.139. The van der Waals surface area contributed by atoms with Crippen molar-refractivity contribution >= 4 is 117 Å². The zero-order chi connectivity index (χ0) is 97.3. The molecule has 5 aromatic heterocycles. The first-order valence-corrected chi connectivity index (χ1v) is 45.2. The second-order valence-electron chi connectivity index (χ2n) is 33.2. The average molecular weight is 1900 g/mol. The molecule has 726 valence electrons. The summed E-state index contributed by atoms with van der Waals surface area (Å²) in [6.07, 6.45) is 11.1. The summed E-state index contributed by atoms with van der Waals surface area (Å²) >= 11 is 0. The van der Waals surface area contributed by atoms with Crippen LogP contribution in [0.15, 0.2) is 120 Å². The molecule has 9 amide bonds. The maximum absolute atomic E-state index is 15.1. The highest BCUT2D eigenvalue weighted by atomic mass is 19.1. The first-order valence-electron chi connectivity index (χ1n) is 45.2. The standard InChI is InChI=1S/C47H53F2N11O8.C25H30F2N8.C22H27N3O9/c1-28(2)59-29(3)53-43-33(48)23-31(24-37(43)59)42-34(49)26-52-47(56-42)54-38-9-7-30(25-51-38)27-57-13-15-58(16-14-57)40(62)11-17-66-19-21-68-22-20-67-18-12-50-35-6-4-5-32-41(35)46(65)60(45(32)64)36-8-10-39(61)55-44(36)63;1-16(2)35-17(3)32-24-20(26)11-19(12-22(24)35)23-21(27)14-31-25(33-23)30-6-4-5-18(13-28)15-34-9-7-29-8-10-34;26-17-5-4-16(20(29)24-17)25-21(30)14-2-1-3-15(19(14)22(25)31)23-7-9-33-11-13-34-12-10-32-8-6-18(27)28/h4-7,9,23-26,28,36,50H,8,10-22,27H2,1-3H3,(H,55,61,63)(H,51,52,54,56);4-6,11-14,16,29H,7-10,15,28H2,1-3H3;1-3,16,23H,4-13H2,(H,27,28)(H,24,26,29). The van der Waals surface area contributed by atoms with Crippen molar-refractivity contribution in [3.05, 3.63) is 178 Å². The number of imidazole rings is 2. The van der Waals surface area contributed by atoms with Gasteiger partial charge in [0.1, 0.15) is 52.0 Å². The van der Waals surface area contributed by atoms with E-state index >= 15 is 8.78 Å². The van der Waals surface area contributed by atoms with Crippen molar-refractivity contribution in [2.24, 2.45) is 10.7 Å². The van der Waals surface area contributed by atoms with E-state index in [1.807, 2.05) is 60.8 Å². The molecule has 4 saturated heterocycles. The number of aliphatic imine (C=N–C) groups is 1. The van der Waals surface area contributed by atoms with Crippen LogP contribution in [0.1, 0.15) is 137 Å². The van der Waals surface area contributed by atoms with Crippen molar-refractivity contribution in [2.45, 2.75) is 111 Å². The number of pyridine rings is 1. The molecule has 43 heteroatoms. The molecule has 6 aliphatic rings. The van der Waals surface area contributed by atoms with Gasteiger partial charge in [0.15, 0.2) is 23.3 Å². The number of allylic oxidation sites excluding steroid dienone is 1. The van der Waals surface area contributed by atoms with Gasteiger partial charge >= 0.3 is 5.97 Å². The molecule has 6 aliphatic heterocycles. The van der Waals surface area contributed by atoms with Gasteiger partial charge in [0.2, 0.25) is 41.4 Å². The number of carboxylic acid groups (broad SMARTS) is 1. The van der Waals surface area contributed by atoms with Crippen LogP contribution in [0.5, 0.6) is 0 Å². The van der Waals surface area contributed by atoms with E-state index in [1.165, 1.54) is 24.4 Å². The average Bonchev–Trinajstić information content (AvgIpc) is 1.59. The number of hydrogen-bond donors (Lipinski definition) is 8. The summed E-state index contributed by atoms with van der Waals surface area (Å²) in [4.78, 5) is 165. The second kappa shape index (κ2) is 48.2. The molecule has 0 bridgehead atoms. The number of imide groups is 4. The van der Waals surface area contributed by atoms with Crippen molar-refractivity contribution in [1.82, 2.24) is 84.5 Å². The van der Waals surface area contributed by atoms with Gasteiger partial charge in [-0.3, -0.25) is 78.2 Å². The minimum Gasteiger partial charge on any atom is -0.481 e. The Morgan fingerprint density at radius 3 is 1.53 bits per heavy atom. The first kappa shape index (κ1) is 101. The fraction of sp³-hybridized carbons (Fsp3) is 0.426. The smallest absolute Gasteiger partial charge is 0.305 e. The van der Waals surface area contributed by atoms with Gasteiger partial charge in [-0.15, -0.1) is 0 Å². The molecule has 2 unspecified atom stereocenters. The minimum atomic E-state index is -1.03. The molecular weight excluding hydrogens is 1790 g/mol. The van der Waals surface area contributed by atoms with Crippen molar-refractivity contribution in [3.63, 3.8) is 0 Å². The summed E-state index contributed by atoms with van der Waals surface area (Å²) in [7, 11) is 0. The lowest BCUT2D eigenvalue weighted by Crippen LogP contribution is -2.54. The van der Waals surface area contributed by atoms with E-state index in [0.717, 1.165) is 66.1 Å². The number of nitrogens with two attached hydrogens (primary N) is 1. The number of carbonyl (C=O) groups is 10. The third-order valence-electron chi connectivity index (χ3n) is 23.0. The summed E-state index contributed by atoms with van der Waals surface area (Å²) in [6.45, 7) is 23.8. The number of fused-ring (bicyclic) bond motifs is 4. The topological polar surface area (TPSA) is 473 Å². The van der Waals surface area contributed by atoms with Crippen LogP contribution >= 0.6 is 0 Å². The highest BCUT2D eigenvalue weighted by Gasteiger charge is 2.48. The number of benzene rings is 4. The number of nitrogens with zero attached hydrogens (tertiary/aromatic N) is 15. The normalized spacial score (nSPS) is 16.6. The summed E-state index contributed by atoms with van der Waals surface area (Å²) < 4.78 is 96.2. The number of ether oxygens (including phenoxy) is 6. The Morgan fingerprint density at radius 1 is 0.555 bits per heavy atom. The highest BCUT2D eigenvalue weighted by molar-refractivity contribution is 6.26. The van der Waals surface area contributed by atoms with E-state index in [1.54, 1.807) is 73.9 Å². The van der Waals surface area contributed by atoms with E-state index in [-0.39, 0.29) is 132 Å². The molecule has 0 aliphatic carbocycles. The van der Waals surface area contributed by atoms with Crippen LogP contribution in [0.4, 0.5) is 46.7 Å². The van der Waals surface area contributed by atoms with E-state index in [2.05, 4.69) is 81.6 Å². The van der Waals surface area contributed by atoms with Gasteiger partial charge in [-0.1, -0.05) is 24.3 Å². The molecule has 39 nitrogen and oxygen atoms in total. The van der Waals surface area contributed by atoms with Crippen LogP contribution in [0.3, 0.4) is 0 Å². The number of aliphatic carboxylic acids is 1. The first-order chi connectivity index (χ1) is 66.1. The molecule has 4 fully saturated rings. The van der Waals surface area contributed by atoms with Gasteiger partial charge in [0, 0.05) is 138 Å². The number of nitrogens with one attached hydrogen (secondary N) is 6. The quantitative estimate of drug-likeness (QED) is 0.00589. The maximum Gasteiger partial charge on any atom is 0.305 e. The lowest BCUT2D eigenvalue weighted by atomic mass is 10.0. The Kier molecular flexibility index (Phi) is 35.4. The summed E-state index contributed by atoms with van der Waals surface area (Å²) in [6, 6.07) is 17.4. The Balaban J connectivity index is 0.000000193. The van der Waals surface area contributed by atoms with Crippen molar-refractivity contribution < 1.29 is 99.0 Å². The summed E-state index contributed by atoms with van der Waals surface area (Å²) in [5.41, 5.74) is 11.5. The number of carboxylic acids is 1. The maximum atomic E-state index is 15.1. The molecule has 0 saturated carbocycles. The van der Waals surface area contributed by atoms with Gasteiger partial charge in [-0.25, -0.2) is 57.4 Å². The number of carbonyl (C=O) groups excluding carboxylic acids is 9. The van der Waals surface area contributed by atoms with Gasteiger partial charge in [-0.2, -0.15) is 0 Å². The Labute approximate surface area is 785 Å². The predicted molar refractivity (Wildman–Crippen MR) is 495 cm³/mol. The third-order valence-corrected chi connectivity index (χ3v) is 23.0. The van der Waals surface area contributed by atoms with Gasteiger partial charge < -0.3 is 74.6 Å². The zero-order valence-electron chi connectivity index (χ0n) is 76.8.